The molecule has 1 unspecified atom stereocenters. The van der Waals surface area contributed by atoms with Gasteiger partial charge in [0.05, 0.1) is 7.11 Å². The number of carbonyl (C=O) groups is 3. The first-order valence-corrected chi connectivity index (χ1v) is 9.80. The van der Waals surface area contributed by atoms with Crippen molar-refractivity contribution in [1.82, 2.24) is 0 Å². The van der Waals surface area contributed by atoms with Crippen molar-refractivity contribution in [1.29, 1.82) is 0 Å². The summed E-state index contributed by atoms with van der Waals surface area (Å²) in [6.07, 6.45) is 1.97. The summed E-state index contributed by atoms with van der Waals surface area (Å²) in [5, 5.41) is 0. The molecular weight excluding hydrogens is 280 g/mol. The van der Waals surface area contributed by atoms with Gasteiger partial charge >= 0.3 is 17.9 Å². The molecule has 7 heteroatoms. The molecule has 0 radical (unpaired) electrons. The molecule has 0 aromatic heterocycles. The van der Waals surface area contributed by atoms with Crippen LogP contribution in [-0.2, 0) is 28.3 Å². The second-order valence-electron chi connectivity index (χ2n) is 5.10. The summed E-state index contributed by atoms with van der Waals surface area (Å²) in [5.74, 6) is -1.98. The van der Waals surface area contributed by atoms with E-state index in [-0.39, 0.29) is 0 Å². The quantitative estimate of drug-likeness (QED) is 0.405. The molecule has 6 nitrogen and oxygen atoms in total. The van der Waals surface area contributed by atoms with Crippen molar-refractivity contribution in [2.75, 3.05) is 7.11 Å². The lowest BCUT2D eigenvalue weighted by Crippen LogP contribution is -2.37. The van der Waals surface area contributed by atoms with Gasteiger partial charge in [0.15, 0.2) is 6.10 Å². The zero-order chi connectivity index (χ0) is 15.8. The third-order valence-electron chi connectivity index (χ3n) is 2.04. The monoisotopic (exact) mass is 302 g/mol. The average molecular weight is 302 g/mol. The minimum Gasteiger partial charge on any atom is -0.517 e. The Hall–Kier alpha value is -1.63. The van der Waals surface area contributed by atoms with Crippen LogP contribution in [0.15, 0.2) is 12.2 Å². The maximum atomic E-state index is 11.9. The summed E-state index contributed by atoms with van der Waals surface area (Å²) in [6.45, 7) is 7.47. The summed E-state index contributed by atoms with van der Waals surface area (Å²) in [4.78, 5) is 34.3. The highest BCUT2D eigenvalue weighted by atomic mass is 28.4. The molecule has 0 N–H and O–H groups in total. The van der Waals surface area contributed by atoms with Crippen LogP contribution < -0.4 is 0 Å². The first kappa shape index (κ1) is 18.4. The minimum absolute atomic E-state index is 0.376. The standard InChI is InChI=1S/C13H22O6Si/c1-6-7-10(13(16)19-20(3,4)5)18-12(15)9-8-11(14)17-2/h8-10H,6-7H2,1-5H3/b9-8-. The molecule has 0 aliphatic rings. The van der Waals surface area contributed by atoms with Gasteiger partial charge in [0.2, 0.25) is 8.32 Å². The molecule has 114 valence electrons. The van der Waals surface area contributed by atoms with Gasteiger partial charge in [-0.1, -0.05) is 13.3 Å². The highest BCUT2D eigenvalue weighted by Crippen LogP contribution is 2.11. The molecule has 1 atom stereocenters. The van der Waals surface area contributed by atoms with Crippen LogP contribution in [0.4, 0.5) is 0 Å². The van der Waals surface area contributed by atoms with E-state index in [4.69, 9.17) is 9.16 Å². The molecule has 0 saturated heterocycles. The van der Waals surface area contributed by atoms with E-state index in [0.29, 0.717) is 12.8 Å². The number of methoxy groups -OCH3 is 1. The Bertz CT molecular complexity index is 383. The van der Waals surface area contributed by atoms with E-state index in [1.807, 2.05) is 26.6 Å². The Balaban J connectivity index is 4.61. The SMILES string of the molecule is CCCC(OC(=O)/C=C\C(=O)OC)C(=O)O[Si](C)(C)C. The largest absolute Gasteiger partial charge is 0.517 e. The van der Waals surface area contributed by atoms with Crippen LogP contribution in [0.2, 0.25) is 19.6 Å². The molecule has 0 aliphatic carbocycles. The van der Waals surface area contributed by atoms with Gasteiger partial charge in [-0.15, -0.1) is 0 Å². The normalized spacial score (nSPS) is 12.8. The maximum Gasteiger partial charge on any atom is 0.334 e. The molecule has 0 fully saturated rings. The fourth-order valence-electron chi connectivity index (χ4n) is 1.24. The smallest absolute Gasteiger partial charge is 0.334 e. The molecule has 0 spiro atoms. The van der Waals surface area contributed by atoms with Gasteiger partial charge in [-0.3, -0.25) is 0 Å². The number of hydrogen-bond acceptors (Lipinski definition) is 6. The van der Waals surface area contributed by atoms with Gasteiger partial charge in [-0.05, 0) is 26.1 Å². The first-order valence-electron chi connectivity index (χ1n) is 6.39. The van der Waals surface area contributed by atoms with Crippen molar-refractivity contribution in [3.63, 3.8) is 0 Å². The molecule has 0 amide bonds. The van der Waals surface area contributed by atoms with Crippen LogP contribution >= 0.6 is 0 Å². The fourth-order valence-corrected chi connectivity index (χ4v) is 1.97. The summed E-state index contributed by atoms with van der Waals surface area (Å²) in [6, 6.07) is 0. The van der Waals surface area contributed by atoms with E-state index < -0.39 is 32.3 Å². The van der Waals surface area contributed by atoms with Gasteiger partial charge in [0.1, 0.15) is 0 Å². The Labute approximate surface area is 120 Å². The Morgan fingerprint density at radius 2 is 1.65 bits per heavy atom. The van der Waals surface area contributed by atoms with Crippen LogP contribution in [0.5, 0.6) is 0 Å². The Morgan fingerprint density at radius 3 is 2.10 bits per heavy atom. The van der Waals surface area contributed by atoms with E-state index in [1.54, 1.807) is 0 Å². The van der Waals surface area contributed by atoms with Crippen molar-refractivity contribution < 1.29 is 28.3 Å². The molecule has 20 heavy (non-hydrogen) atoms. The van der Waals surface area contributed by atoms with E-state index in [2.05, 4.69) is 4.74 Å². The fraction of sp³-hybridized carbons (Fsp3) is 0.615. The molecule has 0 aromatic carbocycles. The first-order chi connectivity index (χ1) is 9.19. The van der Waals surface area contributed by atoms with Crippen LogP contribution in [-0.4, -0.2) is 39.4 Å². The zero-order valence-corrected chi connectivity index (χ0v) is 13.6. The molecule has 0 saturated carbocycles. The Morgan fingerprint density at radius 1 is 1.10 bits per heavy atom. The predicted octanol–water partition coefficient (Wildman–Crippen LogP) is 1.81. The minimum atomic E-state index is -2.04. The van der Waals surface area contributed by atoms with Crippen LogP contribution in [0.25, 0.3) is 0 Å². The van der Waals surface area contributed by atoms with Gasteiger partial charge in [0, 0.05) is 12.2 Å². The lowest BCUT2D eigenvalue weighted by atomic mass is 10.2. The van der Waals surface area contributed by atoms with E-state index >= 15 is 0 Å². The Kier molecular flexibility index (Phi) is 7.82. The number of carbonyl (C=O) groups excluding carboxylic acids is 3. The van der Waals surface area contributed by atoms with E-state index in [9.17, 15) is 14.4 Å². The maximum absolute atomic E-state index is 11.9. The molecule has 0 rings (SSSR count). The summed E-state index contributed by atoms with van der Waals surface area (Å²) in [5.41, 5.74) is 0. The average Bonchev–Trinajstić information content (AvgIpc) is 2.33. The van der Waals surface area contributed by atoms with Gasteiger partial charge < -0.3 is 13.9 Å². The van der Waals surface area contributed by atoms with Crippen LogP contribution in [0.3, 0.4) is 0 Å². The van der Waals surface area contributed by atoms with Crippen molar-refractivity contribution >= 4 is 26.2 Å². The summed E-state index contributed by atoms with van der Waals surface area (Å²) >= 11 is 0. The number of rotatable bonds is 7. The second kappa shape index (κ2) is 8.52. The van der Waals surface area contributed by atoms with Gasteiger partial charge in [-0.25, -0.2) is 14.4 Å². The zero-order valence-electron chi connectivity index (χ0n) is 12.6. The van der Waals surface area contributed by atoms with Crippen molar-refractivity contribution in [3.05, 3.63) is 12.2 Å². The second-order valence-corrected chi connectivity index (χ2v) is 9.53. The van der Waals surface area contributed by atoms with Crippen LogP contribution in [0.1, 0.15) is 19.8 Å². The third kappa shape index (κ3) is 8.47. The van der Waals surface area contributed by atoms with Gasteiger partial charge in [-0.2, -0.15) is 0 Å². The number of hydrogen-bond donors (Lipinski definition) is 0. The predicted molar refractivity (Wildman–Crippen MR) is 75.4 cm³/mol. The number of esters is 2. The highest BCUT2D eigenvalue weighted by molar-refractivity contribution is 6.71. The molecule has 0 aliphatic heterocycles. The van der Waals surface area contributed by atoms with Crippen LogP contribution in [0, 0.1) is 0 Å². The van der Waals surface area contributed by atoms with Gasteiger partial charge in [0.25, 0.3) is 0 Å². The summed E-state index contributed by atoms with van der Waals surface area (Å²) in [7, 11) is -0.841. The van der Waals surface area contributed by atoms with E-state index in [1.165, 1.54) is 7.11 Å². The molecule has 0 bridgehead atoms. The number of ether oxygens (including phenoxy) is 2. The third-order valence-corrected chi connectivity index (χ3v) is 2.85. The highest BCUT2D eigenvalue weighted by Gasteiger charge is 2.28. The lowest BCUT2D eigenvalue weighted by molar-refractivity contribution is -0.159. The topological polar surface area (TPSA) is 78.9 Å². The molecule has 0 aromatic rings. The molecular formula is C13H22O6Si. The lowest BCUT2D eigenvalue weighted by Gasteiger charge is -2.22. The van der Waals surface area contributed by atoms with Crippen molar-refractivity contribution in [2.45, 2.75) is 45.5 Å². The van der Waals surface area contributed by atoms with E-state index in [0.717, 1.165) is 12.2 Å². The summed E-state index contributed by atoms with van der Waals surface area (Å²) < 4.78 is 14.7. The van der Waals surface area contributed by atoms with Crippen molar-refractivity contribution in [3.8, 4) is 0 Å². The van der Waals surface area contributed by atoms with Crippen molar-refractivity contribution in [2.24, 2.45) is 0 Å². The molecule has 0 heterocycles.